The van der Waals surface area contributed by atoms with Crippen LogP contribution in [-0.4, -0.2) is 28.5 Å². The molecule has 0 amide bonds. The second-order valence-electron chi connectivity index (χ2n) is 6.91. The van der Waals surface area contributed by atoms with Crippen molar-refractivity contribution in [2.75, 3.05) is 18.4 Å². The van der Waals surface area contributed by atoms with Crippen molar-refractivity contribution >= 4 is 33.5 Å². The number of hydrogen-bond acceptors (Lipinski definition) is 4. The molecular weight excluding hydrogens is 348 g/mol. The first-order valence-corrected chi connectivity index (χ1v) is 9.63. The van der Waals surface area contributed by atoms with Crippen LogP contribution in [0.25, 0.3) is 21.8 Å². The Hall–Kier alpha value is -3.18. The topological polar surface area (TPSA) is 59.0 Å². The van der Waals surface area contributed by atoms with Crippen molar-refractivity contribution in [3.63, 3.8) is 0 Å². The molecule has 0 bridgehead atoms. The third-order valence-corrected chi connectivity index (χ3v) is 4.88. The molecule has 0 aliphatic carbocycles. The van der Waals surface area contributed by atoms with Gasteiger partial charge >= 0.3 is 0 Å². The van der Waals surface area contributed by atoms with E-state index in [-0.39, 0.29) is 5.91 Å². The number of para-hydroxylation sites is 2. The van der Waals surface area contributed by atoms with Gasteiger partial charge in [-0.15, -0.1) is 0 Å². The predicted octanol–water partition coefficient (Wildman–Crippen LogP) is 4.44. The zero-order chi connectivity index (χ0) is 19.3. The van der Waals surface area contributed by atoms with Crippen LogP contribution in [0.3, 0.4) is 0 Å². The Labute approximate surface area is 164 Å². The molecule has 2 aromatic carbocycles. The van der Waals surface area contributed by atoms with Gasteiger partial charge in [0.25, 0.3) is 0 Å². The lowest BCUT2D eigenvalue weighted by atomic mass is 10.2. The molecule has 28 heavy (non-hydrogen) atoms. The van der Waals surface area contributed by atoms with Gasteiger partial charge in [0, 0.05) is 37.0 Å². The molecule has 2 heterocycles. The molecule has 0 saturated carbocycles. The summed E-state index contributed by atoms with van der Waals surface area (Å²) in [7, 11) is 0. The summed E-state index contributed by atoms with van der Waals surface area (Å²) < 4.78 is 1.72. The summed E-state index contributed by atoms with van der Waals surface area (Å²) in [6.07, 6.45) is 2.93. The highest BCUT2D eigenvalue weighted by Gasteiger charge is 2.09. The lowest BCUT2D eigenvalue weighted by Crippen LogP contribution is -2.17. The SMILES string of the molecule is CC(=O)n1cc(CNCCCNc2ccc3ccccc3n2)c2ccccc21. The maximum atomic E-state index is 11.8. The second-order valence-corrected chi connectivity index (χ2v) is 6.91. The van der Waals surface area contributed by atoms with Crippen LogP contribution in [0, 0.1) is 0 Å². The minimum atomic E-state index is 0.0366. The number of pyridine rings is 1. The summed E-state index contributed by atoms with van der Waals surface area (Å²) in [5.74, 6) is 0.942. The predicted molar refractivity (Wildman–Crippen MR) is 115 cm³/mol. The van der Waals surface area contributed by atoms with Gasteiger partial charge in [0.1, 0.15) is 5.82 Å². The Morgan fingerprint density at radius 2 is 1.82 bits per heavy atom. The van der Waals surface area contributed by atoms with E-state index in [0.717, 1.165) is 59.2 Å². The first-order valence-electron chi connectivity index (χ1n) is 9.63. The Bertz CT molecular complexity index is 1120. The number of carbonyl (C=O) groups is 1. The van der Waals surface area contributed by atoms with Gasteiger partial charge in [0.05, 0.1) is 11.0 Å². The molecule has 0 radical (unpaired) electrons. The summed E-state index contributed by atoms with van der Waals surface area (Å²) in [5.41, 5.74) is 3.12. The average Bonchev–Trinajstić information content (AvgIpc) is 3.09. The molecule has 2 N–H and O–H groups in total. The average molecular weight is 372 g/mol. The fourth-order valence-electron chi connectivity index (χ4n) is 3.47. The Morgan fingerprint density at radius 1 is 1.00 bits per heavy atom. The van der Waals surface area contributed by atoms with Crippen molar-refractivity contribution in [1.29, 1.82) is 0 Å². The first-order chi connectivity index (χ1) is 13.7. The summed E-state index contributed by atoms with van der Waals surface area (Å²) >= 11 is 0. The van der Waals surface area contributed by atoms with E-state index in [1.165, 1.54) is 0 Å². The summed E-state index contributed by atoms with van der Waals surface area (Å²) in [6.45, 7) is 4.08. The lowest BCUT2D eigenvalue weighted by molar-refractivity contribution is 0.0941. The van der Waals surface area contributed by atoms with Crippen LogP contribution in [0.4, 0.5) is 5.82 Å². The maximum Gasteiger partial charge on any atom is 0.227 e. The molecule has 0 fully saturated rings. The number of benzene rings is 2. The van der Waals surface area contributed by atoms with Gasteiger partial charge in [-0.25, -0.2) is 4.98 Å². The Morgan fingerprint density at radius 3 is 2.71 bits per heavy atom. The Balaban J connectivity index is 1.28. The smallest absolute Gasteiger partial charge is 0.227 e. The second kappa shape index (κ2) is 8.23. The molecule has 5 heteroatoms. The third-order valence-electron chi connectivity index (χ3n) is 4.88. The van der Waals surface area contributed by atoms with Gasteiger partial charge in [-0.1, -0.05) is 36.4 Å². The number of nitrogens with zero attached hydrogens (tertiary/aromatic N) is 2. The highest BCUT2D eigenvalue weighted by atomic mass is 16.1. The van der Waals surface area contributed by atoms with E-state index in [9.17, 15) is 4.79 Å². The monoisotopic (exact) mass is 372 g/mol. The molecule has 142 valence electrons. The van der Waals surface area contributed by atoms with E-state index in [4.69, 9.17) is 0 Å². The van der Waals surface area contributed by atoms with Crippen LogP contribution in [-0.2, 0) is 6.54 Å². The van der Waals surface area contributed by atoms with E-state index in [1.807, 2.05) is 48.7 Å². The minimum absolute atomic E-state index is 0.0366. The van der Waals surface area contributed by atoms with Crippen LogP contribution < -0.4 is 10.6 Å². The first kappa shape index (κ1) is 18.2. The summed E-state index contributed by atoms with van der Waals surface area (Å²) in [4.78, 5) is 16.5. The molecule has 0 atom stereocenters. The van der Waals surface area contributed by atoms with Gasteiger partial charge in [0.15, 0.2) is 0 Å². The number of nitrogens with one attached hydrogen (secondary N) is 2. The van der Waals surface area contributed by atoms with Gasteiger partial charge in [-0.3, -0.25) is 9.36 Å². The van der Waals surface area contributed by atoms with Crippen LogP contribution in [0.2, 0.25) is 0 Å². The minimum Gasteiger partial charge on any atom is -0.370 e. The Kier molecular flexibility index (Phi) is 5.35. The third kappa shape index (κ3) is 3.89. The number of aromatic nitrogens is 2. The van der Waals surface area contributed by atoms with Crippen LogP contribution in [0.5, 0.6) is 0 Å². The zero-order valence-electron chi connectivity index (χ0n) is 16.0. The van der Waals surface area contributed by atoms with Crippen molar-refractivity contribution < 1.29 is 4.79 Å². The standard InChI is InChI=1S/C23H24N4O/c1-17(28)27-16-19(20-8-3-5-10-22(20)27)15-24-13-6-14-25-23-12-11-18-7-2-4-9-21(18)26-23/h2-5,7-12,16,24H,6,13-15H2,1H3,(H,25,26). The van der Waals surface area contributed by atoms with Gasteiger partial charge in [0.2, 0.25) is 5.91 Å². The molecule has 5 nitrogen and oxygen atoms in total. The molecular formula is C23H24N4O. The van der Waals surface area contributed by atoms with Crippen LogP contribution in [0.15, 0.2) is 66.9 Å². The molecule has 0 unspecified atom stereocenters. The van der Waals surface area contributed by atoms with Crippen molar-refractivity contribution in [1.82, 2.24) is 14.9 Å². The molecule has 4 aromatic rings. The number of anilines is 1. The zero-order valence-corrected chi connectivity index (χ0v) is 16.0. The largest absolute Gasteiger partial charge is 0.370 e. The van der Waals surface area contributed by atoms with E-state index in [1.54, 1.807) is 11.5 Å². The van der Waals surface area contributed by atoms with Gasteiger partial charge in [-0.2, -0.15) is 0 Å². The van der Waals surface area contributed by atoms with Gasteiger partial charge in [-0.05, 0) is 42.8 Å². The summed E-state index contributed by atoms with van der Waals surface area (Å²) in [6, 6.07) is 20.3. The van der Waals surface area contributed by atoms with E-state index < -0.39 is 0 Å². The highest BCUT2D eigenvalue weighted by molar-refractivity contribution is 5.93. The van der Waals surface area contributed by atoms with E-state index in [2.05, 4.69) is 33.8 Å². The normalized spacial score (nSPS) is 11.2. The molecule has 4 rings (SSSR count). The quantitative estimate of drug-likeness (QED) is 0.471. The number of hydrogen-bond donors (Lipinski definition) is 2. The van der Waals surface area contributed by atoms with E-state index >= 15 is 0 Å². The van der Waals surface area contributed by atoms with E-state index in [0.29, 0.717) is 0 Å². The lowest BCUT2D eigenvalue weighted by Gasteiger charge is -2.07. The molecule has 0 aliphatic rings. The summed E-state index contributed by atoms with van der Waals surface area (Å²) in [5, 5.41) is 9.14. The van der Waals surface area contributed by atoms with Crippen molar-refractivity contribution in [2.45, 2.75) is 19.9 Å². The fourth-order valence-corrected chi connectivity index (χ4v) is 3.47. The van der Waals surface area contributed by atoms with Crippen LogP contribution in [0.1, 0.15) is 23.7 Å². The maximum absolute atomic E-state index is 11.8. The van der Waals surface area contributed by atoms with Crippen molar-refractivity contribution in [2.24, 2.45) is 0 Å². The van der Waals surface area contributed by atoms with Crippen LogP contribution >= 0.6 is 0 Å². The number of rotatable bonds is 7. The molecule has 2 aromatic heterocycles. The highest BCUT2D eigenvalue weighted by Crippen LogP contribution is 2.21. The molecule has 0 aliphatic heterocycles. The van der Waals surface area contributed by atoms with Gasteiger partial charge < -0.3 is 10.6 Å². The fraction of sp³-hybridized carbons (Fsp3) is 0.217. The molecule has 0 spiro atoms. The van der Waals surface area contributed by atoms with Crippen molar-refractivity contribution in [3.05, 3.63) is 72.4 Å². The number of carbonyl (C=O) groups excluding carboxylic acids is 1. The molecule has 0 saturated heterocycles. The van der Waals surface area contributed by atoms with Crippen molar-refractivity contribution in [3.8, 4) is 0 Å². The number of fused-ring (bicyclic) bond motifs is 2.